The van der Waals surface area contributed by atoms with Crippen LogP contribution in [-0.4, -0.2) is 29.7 Å². The number of ether oxygens (including phenoxy) is 1. The van der Waals surface area contributed by atoms with Gasteiger partial charge in [0.1, 0.15) is 5.75 Å². The molecule has 0 unspecified atom stereocenters. The highest BCUT2D eigenvalue weighted by molar-refractivity contribution is 7.89. The van der Waals surface area contributed by atoms with E-state index in [1.54, 1.807) is 29.7 Å². The van der Waals surface area contributed by atoms with Crippen molar-refractivity contribution in [3.63, 3.8) is 0 Å². The van der Waals surface area contributed by atoms with Gasteiger partial charge >= 0.3 is 6.01 Å². The first-order valence-electron chi connectivity index (χ1n) is 10.9. The van der Waals surface area contributed by atoms with Gasteiger partial charge in [-0.05, 0) is 43.4 Å². The van der Waals surface area contributed by atoms with Crippen LogP contribution in [0.2, 0.25) is 0 Å². The fraction of sp³-hybridized carbons (Fsp3) is 0.250. The Balaban J connectivity index is 1.41. The van der Waals surface area contributed by atoms with Crippen molar-refractivity contribution in [3.8, 4) is 11.8 Å². The molecular weight excluding hydrogens is 438 g/mol. The van der Waals surface area contributed by atoms with Gasteiger partial charge < -0.3 is 10.1 Å². The maximum atomic E-state index is 13.2. The Morgan fingerprint density at radius 2 is 1.94 bits per heavy atom. The molecular formula is C24H25N5O3S. The molecule has 1 atom stereocenters. The topological polar surface area (TPSA) is 98.1 Å². The predicted octanol–water partition coefficient (Wildman–Crippen LogP) is 4.25. The lowest BCUT2D eigenvalue weighted by atomic mass is 10.1. The van der Waals surface area contributed by atoms with E-state index in [2.05, 4.69) is 20.2 Å². The van der Waals surface area contributed by atoms with Crippen molar-refractivity contribution in [2.24, 2.45) is 0 Å². The van der Waals surface area contributed by atoms with Gasteiger partial charge in [0.2, 0.25) is 10.0 Å². The molecule has 2 N–H and O–H groups in total. The number of fused-ring (bicyclic) bond motifs is 2. The monoisotopic (exact) mass is 463 g/mol. The summed E-state index contributed by atoms with van der Waals surface area (Å²) in [4.78, 5) is 0.233. The molecule has 1 aliphatic rings. The summed E-state index contributed by atoms with van der Waals surface area (Å²) in [6.07, 6.45) is 0.999. The zero-order valence-corrected chi connectivity index (χ0v) is 19.3. The Morgan fingerprint density at radius 1 is 1.12 bits per heavy atom. The Labute approximate surface area is 192 Å². The first kappa shape index (κ1) is 21.4. The molecule has 1 aliphatic heterocycles. The van der Waals surface area contributed by atoms with Crippen molar-refractivity contribution in [1.82, 2.24) is 19.5 Å². The molecule has 170 valence electrons. The Hall–Kier alpha value is -3.43. The van der Waals surface area contributed by atoms with Crippen molar-refractivity contribution >= 4 is 26.5 Å². The lowest BCUT2D eigenvalue weighted by molar-refractivity contribution is 0.408. The van der Waals surface area contributed by atoms with Gasteiger partial charge in [-0.2, -0.15) is 0 Å². The number of anilines is 1. The number of hydrogen-bond acceptors (Lipinski definition) is 6. The van der Waals surface area contributed by atoms with E-state index in [1.807, 2.05) is 49.4 Å². The average Bonchev–Trinajstić information content (AvgIpc) is 3.44. The standard InChI is InChI=1S/C24H25N5O3S/c1-3-29-23(26-27-24(29)32-19-12-11-18-13-14-25-21(18)15-19)16(2)28-33(30,31)22-10-6-8-17-7-4-5-9-20(17)22/h4-12,15-16,25,28H,3,13-14H2,1-2H3/t16-/m1/s1. The SMILES string of the molecule is CCn1c(Oc2ccc3c(c2)NCC3)nnc1[C@@H](C)NS(=O)(=O)c1cccc2ccccc12. The minimum absolute atomic E-state index is 0.233. The van der Waals surface area contributed by atoms with Gasteiger partial charge in [-0.15, -0.1) is 5.10 Å². The third-order valence-electron chi connectivity index (χ3n) is 5.82. The van der Waals surface area contributed by atoms with Crippen molar-refractivity contribution < 1.29 is 13.2 Å². The molecule has 9 heteroatoms. The molecule has 4 aromatic rings. The smallest absolute Gasteiger partial charge is 0.322 e. The van der Waals surface area contributed by atoms with Gasteiger partial charge in [0.25, 0.3) is 0 Å². The summed E-state index contributed by atoms with van der Waals surface area (Å²) >= 11 is 0. The fourth-order valence-electron chi connectivity index (χ4n) is 4.21. The van der Waals surface area contributed by atoms with E-state index in [-0.39, 0.29) is 4.90 Å². The first-order valence-corrected chi connectivity index (χ1v) is 12.4. The van der Waals surface area contributed by atoms with Gasteiger partial charge in [-0.25, -0.2) is 13.1 Å². The van der Waals surface area contributed by atoms with E-state index in [9.17, 15) is 8.42 Å². The number of nitrogens with one attached hydrogen (secondary N) is 2. The molecule has 8 nitrogen and oxygen atoms in total. The number of benzene rings is 3. The van der Waals surface area contributed by atoms with Crippen LogP contribution in [0.25, 0.3) is 10.8 Å². The fourth-order valence-corrected chi connectivity index (χ4v) is 5.64. The molecule has 0 amide bonds. The van der Waals surface area contributed by atoms with Crippen molar-refractivity contribution in [2.75, 3.05) is 11.9 Å². The summed E-state index contributed by atoms with van der Waals surface area (Å²) in [5, 5.41) is 13.3. The Morgan fingerprint density at radius 3 is 2.79 bits per heavy atom. The van der Waals surface area contributed by atoms with E-state index in [1.165, 1.54) is 5.56 Å². The number of rotatable bonds is 7. The number of sulfonamides is 1. The maximum absolute atomic E-state index is 13.2. The quantitative estimate of drug-likeness (QED) is 0.425. The predicted molar refractivity (Wildman–Crippen MR) is 127 cm³/mol. The highest BCUT2D eigenvalue weighted by Crippen LogP contribution is 2.30. The molecule has 0 aliphatic carbocycles. The number of hydrogen-bond donors (Lipinski definition) is 2. The molecule has 0 bridgehead atoms. The maximum Gasteiger partial charge on any atom is 0.322 e. The second-order valence-electron chi connectivity index (χ2n) is 8.00. The van der Waals surface area contributed by atoms with E-state index < -0.39 is 16.1 Å². The van der Waals surface area contributed by atoms with Crippen molar-refractivity contribution in [3.05, 3.63) is 72.1 Å². The van der Waals surface area contributed by atoms with Crippen LogP contribution in [0.5, 0.6) is 11.8 Å². The summed E-state index contributed by atoms with van der Waals surface area (Å²) < 4.78 is 37.0. The average molecular weight is 464 g/mol. The van der Waals surface area contributed by atoms with Crippen LogP contribution >= 0.6 is 0 Å². The van der Waals surface area contributed by atoms with E-state index in [4.69, 9.17) is 4.74 Å². The highest BCUT2D eigenvalue weighted by atomic mass is 32.2. The molecule has 0 fully saturated rings. The molecule has 0 spiro atoms. The first-order chi connectivity index (χ1) is 16.0. The van der Waals surface area contributed by atoms with Gasteiger partial charge in [0.15, 0.2) is 5.82 Å². The summed E-state index contributed by atoms with van der Waals surface area (Å²) in [6.45, 7) is 5.14. The molecule has 1 aromatic heterocycles. The summed E-state index contributed by atoms with van der Waals surface area (Å²) in [7, 11) is -3.80. The van der Waals surface area contributed by atoms with Crippen LogP contribution in [0.4, 0.5) is 5.69 Å². The minimum atomic E-state index is -3.80. The second-order valence-corrected chi connectivity index (χ2v) is 9.69. The van der Waals surface area contributed by atoms with Crippen LogP contribution in [-0.2, 0) is 23.0 Å². The van der Waals surface area contributed by atoms with Crippen LogP contribution < -0.4 is 14.8 Å². The van der Waals surface area contributed by atoms with Gasteiger partial charge in [-0.3, -0.25) is 4.57 Å². The van der Waals surface area contributed by atoms with Crippen molar-refractivity contribution in [2.45, 2.75) is 37.8 Å². The van der Waals surface area contributed by atoms with E-state index in [0.29, 0.717) is 29.5 Å². The van der Waals surface area contributed by atoms with E-state index >= 15 is 0 Å². The second kappa shape index (κ2) is 8.49. The molecule has 0 radical (unpaired) electrons. The largest absolute Gasteiger partial charge is 0.424 e. The van der Waals surface area contributed by atoms with Crippen LogP contribution in [0.1, 0.15) is 31.3 Å². The van der Waals surface area contributed by atoms with Gasteiger partial charge in [-0.1, -0.05) is 47.6 Å². The van der Waals surface area contributed by atoms with Crippen molar-refractivity contribution in [1.29, 1.82) is 0 Å². The summed E-state index contributed by atoms with van der Waals surface area (Å²) in [6, 6.07) is 18.3. The molecule has 0 saturated carbocycles. The summed E-state index contributed by atoms with van der Waals surface area (Å²) in [5.74, 6) is 1.14. The van der Waals surface area contributed by atoms with Crippen LogP contribution in [0.15, 0.2) is 65.6 Å². The van der Waals surface area contributed by atoms with Crippen LogP contribution in [0.3, 0.4) is 0 Å². The third-order valence-corrected chi connectivity index (χ3v) is 7.42. The Bertz CT molecular complexity index is 1430. The number of aromatic nitrogens is 3. The van der Waals surface area contributed by atoms with E-state index in [0.717, 1.165) is 24.0 Å². The third kappa shape index (κ3) is 4.05. The van der Waals surface area contributed by atoms with Crippen LogP contribution in [0, 0.1) is 0 Å². The van der Waals surface area contributed by atoms with Gasteiger partial charge in [0, 0.05) is 30.2 Å². The number of nitrogens with zero attached hydrogens (tertiary/aromatic N) is 3. The highest BCUT2D eigenvalue weighted by Gasteiger charge is 2.25. The molecule has 2 heterocycles. The zero-order chi connectivity index (χ0) is 23.0. The zero-order valence-electron chi connectivity index (χ0n) is 18.4. The molecule has 3 aromatic carbocycles. The molecule has 33 heavy (non-hydrogen) atoms. The minimum Gasteiger partial charge on any atom is -0.424 e. The Kier molecular flexibility index (Phi) is 5.51. The molecule has 0 saturated heterocycles. The van der Waals surface area contributed by atoms with Gasteiger partial charge in [0.05, 0.1) is 10.9 Å². The lowest BCUT2D eigenvalue weighted by Crippen LogP contribution is -2.29. The molecule has 5 rings (SSSR count). The lowest BCUT2D eigenvalue weighted by Gasteiger charge is -2.16. The summed E-state index contributed by atoms with van der Waals surface area (Å²) in [5.41, 5.74) is 2.32. The normalized spacial score (nSPS) is 14.1.